The van der Waals surface area contributed by atoms with Crippen LogP contribution in [0.3, 0.4) is 0 Å². The molecule has 0 spiro atoms. The number of halogens is 1. The average molecular weight is 427 g/mol. The highest BCUT2D eigenvalue weighted by Gasteiger charge is 2.16. The molecule has 0 saturated heterocycles. The Kier molecular flexibility index (Phi) is 6.98. The third-order valence-electron chi connectivity index (χ3n) is 3.55. The molecule has 1 aromatic carbocycles. The van der Waals surface area contributed by atoms with Gasteiger partial charge in [0.15, 0.2) is 0 Å². The number of rotatable bonds is 7. The van der Waals surface area contributed by atoms with Crippen LogP contribution in [0.2, 0.25) is 0 Å². The summed E-state index contributed by atoms with van der Waals surface area (Å²) in [6, 6.07) is 7.40. The van der Waals surface area contributed by atoms with E-state index >= 15 is 0 Å². The summed E-state index contributed by atoms with van der Waals surface area (Å²) < 4.78 is 10.8. The molecule has 1 heterocycles. The zero-order valence-corrected chi connectivity index (χ0v) is 16.5. The molecule has 0 fully saturated rings. The molecule has 2 N–H and O–H groups in total. The molecule has 1 unspecified atom stereocenters. The first kappa shape index (κ1) is 19.4. The lowest BCUT2D eigenvalue weighted by Crippen LogP contribution is -2.30. The van der Waals surface area contributed by atoms with Crippen LogP contribution in [0.5, 0.6) is 5.75 Å². The number of methoxy groups -OCH3 is 2. The number of benzene rings is 1. The first-order valence-electron chi connectivity index (χ1n) is 7.48. The van der Waals surface area contributed by atoms with Crippen LogP contribution >= 0.6 is 27.3 Å². The summed E-state index contributed by atoms with van der Waals surface area (Å²) >= 11 is 4.67. The third-order valence-corrected chi connectivity index (χ3v) is 5.07. The van der Waals surface area contributed by atoms with Crippen molar-refractivity contribution in [3.05, 3.63) is 44.6 Å². The molecule has 2 aromatic rings. The second-order valence-corrected chi connectivity index (χ2v) is 6.97. The minimum Gasteiger partial charge on any atom is -0.496 e. The van der Waals surface area contributed by atoms with Gasteiger partial charge in [-0.25, -0.2) is 4.79 Å². The molecule has 0 saturated carbocycles. The van der Waals surface area contributed by atoms with Gasteiger partial charge in [0, 0.05) is 6.04 Å². The van der Waals surface area contributed by atoms with Gasteiger partial charge < -0.3 is 20.1 Å². The SMILES string of the molecule is COC(=O)c1sccc1NC(=O)CNC(C)c1ccc(OC)c(Br)c1. The van der Waals surface area contributed by atoms with E-state index in [4.69, 9.17) is 9.47 Å². The molecule has 8 heteroatoms. The number of nitrogens with one attached hydrogen (secondary N) is 2. The molecule has 2 rings (SSSR count). The molecular weight excluding hydrogens is 408 g/mol. The van der Waals surface area contributed by atoms with Gasteiger partial charge in [0.1, 0.15) is 10.6 Å². The Hall–Kier alpha value is -1.90. The van der Waals surface area contributed by atoms with Crippen molar-refractivity contribution in [2.75, 3.05) is 26.1 Å². The van der Waals surface area contributed by atoms with Crippen LogP contribution < -0.4 is 15.4 Å². The number of esters is 1. The second-order valence-electron chi connectivity index (χ2n) is 5.20. The molecule has 134 valence electrons. The van der Waals surface area contributed by atoms with E-state index in [0.29, 0.717) is 10.6 Å². The Morgan fingerprint density at radius 2 is 2.04 bits per heavy atom. The van der Waals surface area contributed by atoms with Crippen molar-refractivity contribution in [3.63, 3.8) is 0 Å². The standard InChI is InChI=1S/C17H19BrN2O4S/c1-10(11-4-5-14(23-2)12(18)8-11)19-9-15(21)20-13-6-7-25-16(13)17(22)24-3/h4-8,10,19H,9H2,1-3H3,(H,20,21). The van der Waals surface area contributed by atoms with Crippen LogP contribution in [0.4, 0.5) is 5.69 Å². The monoisotopic (exact) mass is 426 g/mol. The van der Waals surface area contributed by atoms with Crippen molar-refractivity contribution >= 4 is 44.8 Å². The summed E-state index contributed by atoms with van der Waals surface area (Å²) in [4.78, 5) is 24.1. The number of ether oxygens (including phenoxy) is 2. The van der Waals surface area contributed by atoms with Gasteiger partial charge >= 0.3 is 5.97 Å². The lowest BCUT2D eigenvalue weighted by molar-refractivity contribution is -0.115. The predicted octanol–water partition coefficient (Wildman–Crippen LogP) is 3.60. The van der Waals surface area contributed by atoms with E-state index in [9.17, 15) is 9.59 Å². The first-order chi connectivity index (χ1) is 12.0. The van der Waals surface area contributed by atoms with E-state index in [-0.39, 0.29) is 18.5 Å². The Labute approximate surface area is 158 Å². The summed E-state index contributed by atoms with van der Waals surface area (Å²) in [7, 11) is 2.92. The highest BCUT2D eigenvalue weighted by atomic mass is 79.9. The quantitative estimate of drug-likeness (QED) is 0.661. The molecule has 6 nitrogen and oxygen atoms in total. The fourth-order valence-corrected chi connectivity index (χ4v) is 3.49. The molecule has 1 atom stereocenters. The zero-order valence-electron chi connectivity index (χ0n) is 14.1. The van der Waals surface area contributed by atoms with Crippen LogP contribution in [-0.2, 0) is 9.53 Å². The van der Waals surface area contributed by atoms with Crippen molar-refractivity contribution in [1.29, 1.82) is 0 Å². The Balaban J connectivity index is 1.92. The topological polar surface area (TPSA) is 76.7 Å². The van der Waals surface area contributed by atoms with Gasteiger partial charge in [0.2, 0.25) is 5.91 Å². The van der Waals surface area contributed by atoms with Crippen LogP contribution in [-0.4, -0.2) is 32.6 Å². The average Bonchev–Trinajstić information content (AvgIpc) is 3.06. The fraction of sp³-hybridized carbons (Fsp3) is 0.294. The highest BCUT2D eigenvalue weighted by molar-refractivity contribution is 9.10. The summed E-state index contributed by atoms with van der Waals surface area (Å²) in [6.45, 7) is 2.08. The maximum atomic E-state index is 12.1. The lowest BCUT2D eigenvalue weighted by atomic mass is 10.1. The van der Waals surface area contributed by atoms with Crippen LogP contribution in [0, 0.1) is 0 Å². The van der Waals surface area contributed by atoms with Crippen LogP contribution in [0.1, 0.15) is 28.2 Å². The molecule has 1 amide bonds. The van der Waals surface area contributed by atoms with Gasteiger partial charge in [-0.1, -0.05) is 6.07 Å². The molecule has 25 heavy (non-hydrogen) atoms. The maximum absolute atomic E-state index is 12.1. The van der Waals surface area contributed by atoms with Gasteiger partial charge in [-0.2, -0.15) is 0 Å². The van der Waals surface area contributed by atoms with Gasteiger partial charge in [0.05, 0.1) is 30.9 Å². The van der Waals surface area contributed by atoms with Crippen molar-refractivity contribution in [2.45, 2.75) is 13.0 Å². The van der Waals surface area contributed by atoms with Crippen molar-refractivity contribution < 1.29 is 19.1 Å². The molecule has 0 radical (unpaired) electrons. The molecule has 1 aromatic heterocycles. The Morgan fingerprint density at radius 3 is 2.68 bits per heavy atom. The number of carbonyl (C=O) groups excluding carboxylic acids is 2. The van der Waals surface area contributed by atoms with Gasteiger partial charge in [-0.15, -0.1) is 11.3 Å². The van der Waals surface area contributed by atoms with Crippen molar-refractivity contribution in [3.8, 4) is 5.75 Å². The smallest absolute Gasteiger partial charge is 0.350 e. The maximum Gasteiger partial charge on any atom is 0.350 e. The van der Waals surface area contributed by atoms with Crippen molar-refractivity contribution in [1.82, 2.24) is 5.32 Å². The molecular formula is C17H19BrN2O4S. The van der Waals surface area contributed by atoms with Crippen molar-refractivity contribution in [2.24, 2.45) is 0 Å². The van der Waals surface area contributed by atoms with Gasteiger partial charge in [-0.05, 0) is 52.0 Å². The Bertz CT molecular complexity index is 763. The van der Waals surface area contributed by atoms with E-state index in [1.165, 1.54) is 18.4 Å². The van der Waals surface area contributed by atoms with Crippen LogP contribution in [0.25, 0.3) is 0 Å². The number of hydrogen-bond acceptors (Lipinski definition) is 6. The van der Waals surface area contributed by atoms with Gasteiger partial charge in [-0.3, -0.25) is 4.79 Å². The summed E-state index contributed by atoms with van der Waals surface area (Å²) in [6.07, 6.45) is 0. The largest absolute Gasteiger partial charge is 0.496 e. The molecule has 0 aliphatic heterocycles. The number of anilines is 1. The highest BCUT2D eigenvalue weighted by Crippen LogP contribution is 2.28. The molecule has 0 bridgehead atoms. The van der Waals surface area contributed by atoms with Crippen LogP contribution in [0.15, 0.2) is 34.1 Å². The zero-order chi connectivity index (χ0) is 18.4. The second kappa shape index (κ2) is 8.98. The van der Waals surface area contributed by atoms with E-state index in [0.717, 1.165) is 15.8 Å². The van der Waals surface area contributed by atoms with E-state index < -0.39 is 5.97 Å². The molecule has 0 aliphatic carbocycles. The number of hydrogen-bond donors (Lipinski definition) is 2. The normalized spacial score (nSPS) is 11.7. The third kappa shape index (κ3) is 5.04. The van der Waals surface area contributed by atoms with Gasteiger partial charge in [0.25, 0.3) is 0 Å². The fourth-order valence-electron chi connectivity index (χ4n) is 2.17. The van der Waals surface area contributed by atoms with E-state index in [1.54, 1.807) is 18.6 Å². The minimum absolute atomic E-state index is 0.0319. The number of amides is 1. The predicted molar refractivity (Wildman–Crippen MR) is 101 cm³/mol. The minimum atomic E-state index is -0.463. The first-order valence-corrected chi connectivity index (χ1v) is 9.16. The lowest BCUT2D eigenvalue weighted by Gasteiger charge is -2.15. The summed E-state index contributed by atoms with van der Waals surface area (Å²) in [5.41, 5.74) is 1.48. The van der Waals surface area contributed by atoms with E-state index in [1.807, 2.05) is 25.1 Å². The Morgan fingerprint density at radius 1 is 1.28 bits per heavy atom. The summed E-state index contributed by atoms with van der Waals surface area (Å²) in [5.74, 6) is 0.0548. The molecule has 0 aliphatic rings. The number of carbonyl (C=O) groups is 2. The number of thiophene rings is 1. The van der Waals surface area contributed by atoms with E-state index in [2.05, 4.69) is 26.6 Å². The summed E-state index contributed by atoms with van der Waals surface area (Å²) in [5, 5.41) is 7.60.